The van der Waals surface area contributed by atoms with Gasteiger partial charge in [0.15, 0.2) is 0 Å². The Balaban J connectivity index is 1.85. The SMILES string of the molecule is CCCCCCOc1ccc(N=Nc2ccc([N+](=O)[O-])cc2)cc1. The quantitative estimate of drug-likeness (QED) is 0.246. The molecular weight excluding hydrogens is 306 g/mol. The van der Waals surface area contributed by atoms with Crippen molar-refractivity contribution in [2.75, 3.05) is 6.61 Å². The van der Waals surface area contributed by atoms with Crippen LogP contribution in [0.15, 0.2) is 58.8 Å². The van der Waals surface area contributed by atoms with E-state index in [2.05, 4.69) is 17.2 Å². The van der Waals surface area contributed by atoms with Crippen LogP contribution in [0.25, 0.3) is 0 Å². The number of hydrogen-bond acceptors (Lipinski definition) is 5. The van der Waals surface area contributed by atoms with E-state index in [1.807, 2.05) is 24.3 Å². The zero-order valence-electron chi connectivity index (χ0n) is 13.7. The van der Waals surface area contributed by atoms with E-state index in [-0.39, 0.29) is 5.69 Å². The second-order valence-electron chi connectivity index (χ2n) is 5.38. The Labute approximate surface area is 141 Å². The lowest BCUT2D eigenvalue weighted by Gasteiger charge is -2.05. The van der Waals surface area contributed by atoms with Crippen LogP contribution in [0.4, 0.5) is 17.1 Å². The maximum absolute atomic E-state index is 10.6. The third-order valence-corrected chi connectivity index (χ3v) is 3.44. The third kappa shape index (κ3) is 5.79. The molecule has 0 bridgehead atoms. The monoisotopic (exact) mass is 327 g/mol. The van der Waals surface area contributed by atoms with Crippen molar-refractivity contribution >= 4 is 17.1 Å². The molecule has 2 aromatic carbocycles. The van der Waals surface area contributed by atoms with Crippen LogP contribution >= 0.6 is 0 Å². The van der Waals surface area contributed by atoms with Crippen molar-refractivity contribution in [3.05, 3.63) is 58.6 Å². The highest BCUT2D eigenvalue weighted by atomic mass is 16.6. The van der Waals surface area contributed by atoms with Crippen LogP contribution in [0.5, 0.6) is 5.75 Å². The summed E-state index contributed by atoms with van der Waals surface area (Å²) in [7, 11) is 0. The van der Waals surface area contributed by atoms with Gasteiger partial charge in [-0.25, -0.2) is 0 Å². The van der Waals surface area contributed by atoms with E-state index >= 15 is 0 Å². The summed E-state index contributed by atoms with van der Waals surface area (Å²) in [6.45, 7) is 2.91. The fourth-order valence-corrected chi connectivity index (χ4v) is 2.08. The normalized spacial score (nSPS) is 10.9. The Morgan fingerprint density at radius 2 is 1.50 bits per heavy atom. The van der Waals surface area contributed by atoms with Gasteiger partial charge in [-0.15, -0.1) is 0 Å². The number of non-ortho nitro benzene ring substituents is 1. The number of rotatable bonds is 9. The molecule has 0 saturated heterocycles. The molecule has 0 aliphatic carbocycles. The summed E-state index contributed by atoms with van der Waals surface area (Å²) in [6, 6.07) is 13.3. The second kappa shape index (κ2) is 9.39. The van der Waals surface area contributed by atoms with Crippen LogP contribution in [0, 0.1) is 10.1 Å². The van der Waals surface area contributed by atoms with E-state index in [0.29, 0.717) is 11.4 Å². The van der Waals surface area contributed by atoms with Gasteiger partial charge in [0, 0.05) is 12.1 Å². The predicted molar refractivity (Wildman–Crippen MR) is 93.4 cm³/mol. The number of nitro benzene ring substituents is 1. The fourth-order valence-electron chi connectivity index (χ4n) is 2.08. The van der Waals surface area contributed by atoms with E-state index in [1.165, 1.54) is 31.4 Å². The summed E-state index contributed by atoms with van der Waals surface area (Å²) < 4.78 is 5.67. The smallest absolute Gasteiger partial charge is 0.269 e. The highest BCUT2D eigenvalue weighted by Gasteiger charge is 2.03. The van der Waals surface area contributed by atoms with Gasteiger partial charge in [-0.05, 0) is 42.8 Å². The summed E-state index contributed by atoms with van der Waals surface area (Å²) >= 11 is 0. The molecule has 0 unspecified atom stereocenters. The number of azo groups is 1. The van der Waals surface area contributed by atoms with E-state index in [4.69, 9.17) is 4.74 Å². The van der Waals surface area contributed by atoms with E-state index in [1.54, 1.807) is 12.1 Å². The first-order valence-electron chi connectivity index (χ1n) is 8.08. The van der Waals surface area contributed by atoms with Crippen LogP contribution in [-0.4, -0.2) is 11.5 Å². The maximum Gasteiger partial charge on any atom is 0.269 e. The molecule has 0 heterocycles. The van der Waals surface area contributed by atoms with Crippen molar-refractivity contribution in [2.24, 2.45) is 10.2 Å². The Bertz CT molecular complexity index is 667. The largest absolute Gasteiger partial charge is 0.494 e. The molecule has 0 spiro atoms. The molecule has 126 valence electrons. The molecule has 0 radical (unpaired) electrons. The molecule has 2 aromatic rings. The zero-order valence-corrected chi connectivity index (χ0v) is 13.7. The van der Waals surface area contributed by atoms with Crippen LogP contribution in [0.2, 0.25) is 0 Å². The molecule has 0 aromatic heterocycles. The van der Waals surface area contributed by atoms with Gasteiger partial charge < -0.3 is 4.74 Å². The summed E-state index contributed by atoms with van der Waals surface area (Å²) in [4.78, 5) is 10.1. The lowest BCUT2D eigenvalue weighted by molar-refractivity contribution is -0.384. The van der Waals surface area contributed by atoms with Crippen LogP contribution in [-0.2, 0) is 0 Å². The Morgan fingerprint density at radius 1 is 0.917 bits per heavy atom. The van der Waals surface area contributed by atoms with E-state index in [9.17, 15) is 10.1 Å². The fraction of sp³-hybridized carbons (Fsp3) is 0.333. The van der Waals surface area contributed by atoms with Crippen molar-refractivity contribution in [3.8, 4) is 5.75 Å². The second-order valence-corrected chi connectivity index (χ2v) is 5.38. The first kappa shape index (κ1) is 17.6. The molecule has 0 saturated carbocycles. The molecule has 6 heteroatoms. The van der Waals surface area contributed by atoms with Gasteiger partial charge in [-0.2, -0.15) is 10.2 Å². The van der Waals surface area contributed by atoms with Gasteiger partial charge in [0.2, 0.25) is 0 Å². The number of hydrogen-bond donors (Lipinski definition) is 0. The summed E-state index contributed by atoms with van der Waals surface area (Å²) in [5, 5.41) is 18.8. The maximum atomic E-state index is 10.6. The average molecular weight is 327 g/mol. The van der Waals surface area contributed by atoms with E-state index < -0.39 is 4.92 Å². The van der Waals surface area contributed by atoms with Gasteiger partial charge in [-0.1, -0.05) is 26.2 Å². The van der Waals surface area contributed by atoms with Crippen LogP contribution in [0.3, 0.4) is 0 Å². The van der Waals surface area contributed by atoms with Crippen LogP contribution < -0.4 is 4.74 Å². The molecule has 0 aliphatic heterocycles. The molecule has 24 heavy (non-hydrogen) atoms. The third-order valence-electron chi connectivity index (χ3n) is 3.44. The first-order chi connectivity index (χ1) is 11.7. The van der Waals surface area contributed by atoms with Crippen molar-refractivity contribution in [3.63, 3.8) is 0 Å². The Kier molecular flexibility index (Phi) is 6.89. The lowest BCUT2D eigenvalue weighted by Crippen LogP contribution is -1.96. The number of ether oxygens (including phenoxy) is 1. The Hall–Kier alpha value is -2.76. The van der Waals surface area contributed by atoms with Crippen molar-refractivity contribution in [1.82, 2.24) is 0 Å². The number of unbranched alkanes of at least 4 members (excludes halogenated alkanes) is 3. The molecular formula is C18H21N3O3. The number of benzene rings is 2. The lowest BCUT2D eigenvalue weighted by atomic mass is 10.2. The minimum absolute atomic E-state index is 0.0365. The predicted octanol–water partition coefficient (Wildman–Crippen LogP) is 5.97. The standard InChI is InChI=1S/C18H21N3O3/c1-2-3-4-5-14-24-18-12-8-16(9-13-18)20-19-15-6-10-17(11-7-15)21(22)23/h6-13H,2-5,14H2,1H3. The molecule has 6 nitrogen and oxygen atoms in total. The summed E-state index contributed by atoms with van der Waals surface area (Å²) in [6.07, 6.45) is 4.72. The molecule has 0 aliphatic rings. The van der Waals surface area contributed by atoms with Gasteiger partial charge in [0.25, 0.3) is 5.69 Å². The molecule has 2 rings (SSSR count). The van der Waals surface area contributed by atoms with E-state index in [0.717, 1.165) is 18.8 Å². The minimum atomic E-state index is -0.443. The van der Waals surface area contributed by atoms with Gasteiger partial charge in [-0.3, -0.25) is 10.1 Å². The zero-order chi connectivity index (χ0) is 17.2. The summed E-state index contributed by atoms with van der Waals surface area (Å²) in [5.74, 6) is 0.820. The average Bonchev–Trinajstić information content (AvgIpc) is 2.61. The molecule has 0 N–H and O–H groups in total. The Morgan fingerprint density at radius 3 is 2.04 bits per heavy atom. The van der Waals surface area contributed by atoms with Gasteiger partial charge in [0.05, 0.1) is 22.9 Å². The van der Waals surface area contributed by atoms with Crippen LogP contribution in [0.1, 0.15) is 32.6 Å². The highest BCUT2D eigenvalue weighted by Crippen LogP contribution is 2.23. The number of nitrogens with zero attached hydrogens (tertiary/aromatic N) is 3. The molecule has 0 amide bonds. The minimum Gasteiger partial charge on any atom is -0.494 e. The van der Waals surface area contributed by atoms with Crippen molar-refractivity contribution in [2.45, 2.75) is 32.6 Å². The summed E-state index contributed by atoms with van der Waals surface area (Å²) in [5.41, 5.74) is 1.30. The van der Waals surface area contributed by atoms with Gasteiger partial charge in [0.1, 0.15) is 5.75 Å². The number of nitro groups is 1. The van der Waals surface area contributed by atoms with Crippen molar-refractivity contribution in [1.29, 1.82) is 0 Å². The first-order valence-corrected chi connectivity index (χ1v) is 8.08. The molecule has 0 fully saturated rings. The highest BCUT2D eigenvalue weighted by molar-refractivity contribution is 5.45. The topological polar surface area (TPSA) is 77.1 Å². The molecule has 0 atom stereocenters. The van der Waals surface area contributed by atoms with Crippen molar-refractivity contribution < 1.29 is 9.66 Å². The van der Waals surface area contributed by atoms with Gasteiger partial charge >= 0.3 is 0 Å².